The van der Waals surface area contributed by atoms with E-state index < -0.39 is 11.4 Å². The SMILES string of the molecule is CC(C)(C)[S@@+]([O-])N=C1CC2(CCC3(CC2)OCCO3)C1. The van der Waals surface area contributed by atoms with E-state index in [0.29, 0.717) is 5.41 Å². The van der Waals surface area contributed by atoms with Crippen molar-refractivity contribution < 1.29 is 14.0 Å². The number of nitrogens with zero attached hydrogens (tertiary/aromatic N) is 1. The summed E-state index contributed by atoms with van der Waals surface area (Å²) in [4.78, 5) is 0. The first-order valence-electron chi connectivity index (χ1n) is 7.59. The lowest BCUT2D eigenvalue weighted by molar-refractivity contribution is -0.192. The van der Waals surface area contributed by atoms with Gasteiger partial charge in [-0.2, -0.15) is 0 Å². The van der Waals surface area contributed by atoms with E-state index in [0.717, 1.165) is 57.5 Å². The van der Waals surface area contributed by atoms with Gasteiger partial charge in [0.05, 0.1) is 18.9 Å². The van der Waals surface area contributed by atoms with Crippen molar-refractivity contribution in [1.29, 1.82) is 0 Å². The van der Waals surface area contributed by atoms with E-state index in [1.807, 2.05) is 20.8 Å². The van der Waals surface area contributed by atoms with Crippen LogP contribution in [-0.2, 0) is 20.8 Å². The highest BCUT2D eigenvalue weighted by Crippen LogP contribution is 2.54. The Morgan fingerprint density at radius 3 is 2.10 bits per heavy atom. The van der Waals surface area contributed by atoms with Gasteiger partial charge in [-0.25, -0.2) is 0 Å². The van der Waals surface area contributed by atoms with Gasteiger partial charge in [0.2, 0.25) is 0 Å². The molecule has 0 aromatic carbocycles. The zero-order valence-electron chi connectivity index (χ0n) is 12.7. The standard InChI is InChI=1S/C15H25NO3S/c1-13(2,3)20(17)16-12-10-14(11-12)4-6-15(7-5-14)18-8-9-19-15/h4-11H2,1-3H3/t20-/m1/s1. The topological polar surface area (TPSA) is 53.9 Å². The lowest BCUT2D eigenvalue weighted by Crippen LogP contribution is -2.47. The van der Waals surface area contributed by atoms with E-state index in [1.54, 1.807) is 0 Å². The molecule has 2 spiro atoms. The second kappa shape index (κ2) is 4.97. The van der Waals surface area contributed by atoms with E-state index in [-0.39, 0.29) is 10.5 Å². The molecule has 0 aromatic rings. The lowest BCUT2D eigenvalue weighted by Gasteiger charge is -2.49. The second-order valence-corrected chi connectivity index (χ2v) is 9.39. The van der Waals surface area contributed by atoms with Gasteiger partial charge in [-0.3, -0.25) is 0 Å². The van der Waals surface area contributed by atoms with Gasteiger partial charge in [0.1, 0.15) is 16.1 Å². The van der Waals surface area contributed by atoms with Gasteiger partial charge >= 0.3 is 0 Å². The molecule has 1 atom stereocenters. The van der Waals surface area contributed by atoms with Gasteiger partial charge in [0.25, 0.3) is 0 Å². The van der Waals surface area contributed by atoms with Crippen molar-refractivity contribution in [1.82, 2.24) is 0 Å². The van der Waals surface area contributed by atoms with Gasteiger partial charge in [-0.1, -0.05) is 4.40 Å². The molecule has 0 radical (unpaired) electrons. The third-order valence-electron chi connectivity index (χ3n) is 4.78. The molecule has 0 N–H and O–H groups in total. The Kier molecular flexibility index (Phi) is 3.68. The van der Waals surface area contributed by atoms with Crippen molar-refractivity contribution in [2.45, 2.75) is 69.8 Å². The molecule has 5 heteroatoms. The molecule has 0 unspecified atom stereocenters. The summed E-state index contributed by atoms with van der Waals surface area (Å²) in [5.41, 5.74) is 1.53. The summed E-state index contributed by atoms with van der Waals surface area (Å²) in [7, 11) is 0. The second-order valence-electron chi connectivity index (χ2n) is 7.48. The highest BCUT2D eigenvalue weighted by atomic mass is 32.2. The smallest absolute Gasteiger partial charge is 0.168 e. The van der Waals surface area contributed by atoms with Crippen molar-refractivity contribution in [2.24, 2.45) is 9.81 Å². The van der Waals surface area contributed by atoms with E-state index in [4.69, 9.17) is 9.47 Å². The Hall–Kier alpha value is -0.100. The third-order valence-corrected chi connectivity index (χ3v) is 6.25. The predicted molar refractivity (Wildman–Crippen MR) is 80.1 cm³/mol. The maximum Gasteiger partial charge on any atom is 0.168 e. The fourth-order valence-corrected chi connectivity index (χ4v) is 4.07. The van der Waals surface area contributed by atoms with Gasteiger partial charge in [0, 0.05) is 12.8 Å². The molecule has 0 amide bonds. The molecular weight excluding hydrogens is 274 g/mol. The summed E-state index contributed by atoms with van der Waals surface area (Å²) >= 11 is -1.11. The average molecular weight is 299 g/mol. The minimum atomic E-state index is -1.11. The molecule has 114 valence electrons. The normalized spacial score (nSPS) is 29.5. The van der Waals surface area contributed by atoms with E-state index >= 15 is 0 Å². The molecule has 1 saturated heterocycles. The largest absolute Gasteiger partial charge is 0.591 e. The number of hydrogen-bond donors (Lipinski definition) is 0. The molecule has 3 aliphatic rings. The van der Waals surface area contributed by atoms with Crippen LogP contribution in [-0.4, -0.2) is 34.0 Å². The van der Waals surface area contributed by atoms with Crippen molar-refractivity contribution in [3.63, 3.8) is 0 Å². The van der Waals surface area contributed by atoms with Crippen LogP contribution in [0.15, 0.2) is 4.40 Å². The molecule has 3 fully saturated rings. The Bertz CT molecular complexity index is 390. The molecule has 4 nitrogen and oxygen atoms in total. The quantitative estimate of drug-likeness (QED) is 0.699. The number of rotatable bonds is 1. The van der Waals surface area contributed by atoms with Gasteiger partial charge in [-0.05, 0) is 51.9 Å². The molecule has 1 heterocycles. The van der Waals surface area contributed by atoms with Crippen molar-refractivity contribution in [3.05, 3.63) is 0 Å². The molecule has 2 aliphatic carbocycles. The molecule has 20 heavy (non-hydrogen) atoms. The van der Waals surface area contributed by atoms with E-state index in [2.05, 4.69) is 4.40 Å². The van der Waals surface area contributed by atoms with Crippen LogP contribution in [0.3, 0.4) is 0 Å². The molecule has 1 aliphatic heterocycles. The van der Waals surface area contributed by atoms with Crippen LogP contribution in [0.5, 0.6) is 0 Å². The zero-order valence-corrected chi connectivity index (χ0v) is 13.6. The van der Waals surface area contributed by atoms with Crippen LogP contribution in [0.4, 0.5) is 0 Å². The van der Waals surface area contributed by atoms with Crippen LogP contribution >= 0.6 is 0 Å². The van der Waals surface area contributed by atoms with Gasteiger partial charge < -0.3 is 14.0 Å². The zero-order chi connectivity index (χ0) is 14.4. The first-order valence-corrected chi connectivity index (χ1v) is 8.70. The Morgan fingerprint density at radius 2 is 1.60 bits per heavy atom. The maximum absolute atomic E-state index is 12.0. The summed E-state index contributed by atoms with van der Waals surface area (Å²) in [6, 6.07) is 0. The summed E-state index contributed by atoms with van der Waals surface area (Å²) in [6.07, 6.45) is 6.34. The summed E-state index contributed by atoms with van der Waals surface area (Å²) in [6.45, 7) is 7.40. The third kappa shape index (κ3) is 2.78. The maximum atomic E-state index is 12.0. The Morgan fingerprint density at radius 1 is 1.05 bits per heavy atom. The van der Waals surface area contributed by atoms with Gasteiger partial charge in [0.15, 0.2) is 5.79 Å². The summed E-state index contributed by atoms with van der Waals surface area (Å²) in [5, 5.41) is 0. The van der Waals surface area contributed by atoms with Crippen LogP contribution < -0.4 is 0 Å². The number of hydrogen-bond acceptors (Lipinski definition) is 4. The minimum absolute atomic E-state index is 0.252. The van der Waals surface area contributed by atoms with Gasteiger partial charge in [-0.15, -0.1) is 0 Å². The fourth-order valence-electron chi connectivity index (χ4n) is 3.43. The van der Waals surface area contributed by atoms with Crippen LogP contribution in [0.1, 0.15) is 59.3 Å². The Labute approximate surface area is 124 Å². The van der Waals surface area contributed by atoms with Crippen LogP contribution in [0, 0.1) is 5.41 Å². The number of ether oxygens (including phenoxy) is 2. The van der Waals surface area contributed by atoms with Crippen molar-refractivity contribution in [2.75, 3.05) is 13.2 Å². The molecule has 3 rings (SSSR count). The van der Waals surface area contributed by atoms with Crippen LogP contribution in [0.25, 0.3) is 0 Å². The fraction of sp³-hybridized carbons (Fsp3) is 0.933. The first-order chi connectivity index (χ1) is 9.33. The molecule has 2 saturated carbocycles. The van der Waals surface area contributed by atoms with Crippen LogP contribution in [0.2, 0.25) is 0 Å². The molecular formula is C15H25NO3S. The van der Waals surface area contributed by atoms with E-state index in [1.165, 1.54) is 0 Å². The summed E-state index contributed by atoms with van der Waals surface area (Å²) in [5.74, 6) is -0.271. The van der Waals surface area contributed by atoms with Crippen molar-refractivity contribution >= 4 is 17.1 Å². The monoisotopic (exact) mass is 299 g/mol. The first kappa shape index (κ1) is 14.8. The predicted octanol–water partition coefficient (Wildman–Crippen LogP) is 2.99. The molecule has 0 aromatic heterocycles. The summed E-state index contributed by atoms with van der Waals surface area (Å²) < 4.78 is 27.7. The molecule has 0 bridgehead atoms. The Balaban J connectivity index is 1.54. The highest BCUT2D eigenvalue weighted by Gasteiger charge is 2.51. The minimum Gasteiger partial charge on any atom is -0.591 e. The van der Waals surface area contributed by atoms with E-state index in [9.17, 15) is 4.55 Å². The van der Waals surface area contributed by atoms with Crippen molar-refractivity contribution in [3.8, 4) is 0 Å². The highest BCUT2D eigenvalue weighted by molar-refractivity contribution is 7.91. The average Bonchev–Trinajstić information content (AvgIpc) is 2.78. The lowest BCUT2D eigenvalue weighted by atomic mass is 9.59.